The van der Waals surface area contributed by atoms with Gasteiger partial charge in [-0.3, -0.25) is 4.79 Å². The van der Waals surface area contributed by atoms with Crippen molar-refractivity contribution in [1.29, 1.82) is 0 Å². The summed E-state index contributed by atoms with van der Waals surface area (Å²) in [5.41, 5.74) is 0. The van der Waals surface area contributed by atoms with Crippen molar-refractivity contribution in [3.8, 4) is 0 Å². The highest BCUT2D eigenvalue weighted by Crippen LogP contribution is 2.25. The lowest BCUT2D eigenvalue weighted by atomic mass is 9.98. The van der Waals surface area contributed by atoms with Crippen molar-refractivity contribution in [2.75, 3.05) is 13.1 Å². The molecule has 7 heteroatoms. The van der Waals surface area contributed by atoms with Crippen LogP contribution in [0.2, 0.25) is 0 Å². The van der Waals surface area contributed by atoms with Gasteiger partial charge < -0.3 is 5.32 Å². The summed E-state index contributed by atoms with van der Waals surface area (Å²) in [4.78, 5) is 12.4. The second kappa shape index (κ2) is 7.10. The van der Waals surface area contributed by atoms with Crippen LogP contribution in [0.25, 0.3) is 0 Å². The number of hydrogen-bond donors (Lipinski definition) is 1. The van der Waals surface area contributed by atoms with Gasteiger partial charge in [0.15, 0.2) is 0 Å². The van der Waals surface area contributed by atoms with Crippen molar-refractivity contribution in [1.82, 2.24) is 9.62 Å². The predicted molar refractivity (Wildman–Crippen MR) is 88.9 cm³/mol. The van der Waals surface area contributed by atoms with Gasteiger partial charge in [0.1, 0.15) is 0 Å². The third kappa shape index (κ3) is 4.08. The summed E-state index contributed by atoms with van der Waals surface area (Å²) in [6.07, 6.45) is 1.43. The largest absolute Gasteiger partial charge is 0.354 e. The zero-order valence-electron chi connectivity index (χ0n) is 12.8. The van der Waals surface area contributed by atoms with E-state index in [1.807, 2.05) is 13.8 Å². The molecule has 1 saturated heterocycles. The van der Waals surface area contributed by atoms with E-state index in [0.29, 0.717) is 13.0 Å². The van der Waals surface area contributed by atoms with E-state index >= 15 is 0 Å². The molecular formula is C15H21BrN2O3S. The number of hydrogen-bond acceptors (Lipinski definition) is 3. The van der Waals surface area contributed by atoms with Crippen LogP contribution in [0, 0.1) is 5.92 Å². The first-order valence-corrected chi connectivity index (χ1v) is 9.60. The molecule has 5 nitrogen and oxygen atoms in total. The van der Waals surface area contributed by atoms with E-state index in [-0.39, 0.29) is 29.3 Å². The highest BCUT2D eigenvalue weighted by molar-refractivity contribution is 9.10. The molecule has 1 atom stereocenters. The van der Waals surface area contributed by atoms with Crippen LogP contribution in [-0.4, -0.2) is 37.8 Å². The lowest BCUT2D eigenvalue weighted by molar-refractivity contribution is -0.126. The Kier molecular flexibility index (Phi) is 5.63. The van der Waals surface area contributed by atoms with Gasteiger partial charge in [0.25, 0.3) is 0 Å². The standard InChI is InChI=1S/C15H21BrN2O3S/c1-11(2)17-15(19)12-4-3-9-18(10-12)22(20,21)14-7-5-13(16)6-8-14/h5-8,11-12H,3-4,9-10H2,1-2H3,(H,17,19)/t12-/m0/s1. The summed E-state index contributed by atoms with van der Waals surface area (Å²) >= 11 is 3.30. The minimum atomic E-state index is -3.54. The molecule has 22 heavy (non-hydrogen) atoms. The van der Waals surface area contributed by atoms with E-state index in [0.717, 1.165) is 10.9 Å². The molecule has 1 fully saturated rings. The Morgan fingerprint density at radius 3 is 2.55 bits per heavy atom. The van der Waals surface area contributed by atoms with Gasteiger partial charge in [0, 0.05) is 23.6 Å². The van der Waals surface area contributed by atoms with Gasteiger partial charge in [0.2, 0.25) is 15.9 Å². The van der Waals surface area contributed by atoms with Crippen molar-refractivity contribution < 1.29 is 13.2 Å². The maximum absolute atomic E-state index is 12.7. The summed E-state index contributed by atoms with van der Waals surface area (Å²) in [5.74, 6) is -0.341. The second-order valence-electron chi connectivity index (χ2n) is 5.82. The lowest BCUT2D eigenvalue weighted by Crippen LogP contribution is -2.46. The summed E-state index contributed by atoms with van der Waals surface area (Å²) in [5, 5.41) is 2.87. The van der Waals surface area contributed by atoms with E-state index in [1.54, 1.807) is 24.3 Å². The number of rotatable bonds is 4. The number of piperidine rings is 1. The summed E-state index contributed by atoms with van der Waals surface area (Å²) in [7, 11) is -3.54. The molecule has 0 unspecified atom stereocenters. The van der Waals surface area contributed by atoms with Crippen molar-refractivity contribution in [3.05, 3.63) is 28.7 Å². The second-order valence-corrected chi connectivity index (χ2v) is 8.67. The van der Waals surface area contributed by atoms with Gasteiger partial charge in [-0.2, -0.15) is 4.31 Å². The number of nitrogens with zero attached hydrogens (tertiary/aromatic N) is 1. The Morgan fingerprint density at radius 2 is 1.95 bits per heavy atom. The molecule has 1 amide bonds. The Hall–Kier alpha value is -0.920. The normalized spacial score (nSPS) is 20.1. The Bertz CT molecular complexity index is 629. The van der Waals surface area contributed by atoms with E-state index in [1.165, 1.54) is 4.31 Å². The molecule has 2 rings (SSSR count). The zero-order valence-corrected chi connectivity index (χ0v) is 15.2. The molecule has 0 aliphatic carbocycles. The average Bonchev–Trinajstić information content (AvgIpc) is 2.47. The van der Waals surface area contributed by atoms with Crippen LogP contribution in [-0.2, 0) is 14.8 Å². The number of carbonyl (C=O) groups is 1. The number of sulfonamides is 1. The predicted octanol–water partition coefficient (Wildman–Crippen LogP) is 2.37. The van der Waals surface area contributed by atoms with Gasteiger partial charge in [0.05, 0.1) is 10.8 Å². The first-order valence-electron chi connectivity index (χ1n) is 7.37. The molecule has 122 valence electrons. The molecular weight excluding hydrogens is 368 g/mol. The van der Waals surface area contributed by atoms with Crippen LogP contribution in [0.3, 0.4) is 0 Å². The molecule has 0 bridgehead atoms. The zero-order chi connectivity index (χ0) is 16.3. The third-order valence-electron chi connectivity index (χ3n) is 3.64. The molecule has 1 aliphatic heterocycles. The molecule has 1 aromatic carbocycles. The number of amides is 1. The van der Waals surface area contributed by atoms with Crippen LogP contribution in [0.4, 0.5) is 0 Å². The summed E-state index contributed by atoms with van der Waals surface area (Å²) in [6, 6.07) is 6.64. The number of carbonyl (C=O) groups excluding carboxylic acids is 1. The number of halogens is 1. The molecule has 0 saturated carbocycles. The molecule has 1 aromatic rings. The molecule has 0 radical (unpaired) electrons. The molecule has 1 heterocycles. The molecule has 0 spiro atoms. The van der Waals surface area contributed by atoms with Gasteiger partial charge >= 0.3 is 0 Å². The summed E-state index contributed by atoms with van der Waals surface area (Å²) < 4.78 is 27.6. The van der Waals surface area contributed by atoms with Crippen molar-refractivity contribution in [2.24, 2.45) is 5.92 Å². The topological polar surface area (TPSA) is 66.5 Å². The Morgan fingerprint density at radius 1 is 1.32 bits per heavy atom. The quantitative estimate of drug-likeness (QED) is 0.860. The fourth-order valence-corrected chi connectivity index (χ4v) is 4.32. The van der Waals surface area contributed by atoms with E-state index < -0.39 is 10.0 Å². The monoisotopic (exact) mass is 388 g/mol. The van der Waals surface area contributed by atoms with Crippen LogP contribution in [0.1, 0.15) is 26.7 Å². The molecule has 1 aliphatic rings. The van der Waals surface area contributed by atoms with Crippen molar-refractivity contribution >= 4 is 31.9 Å². The maximum Gasteiger partial charge on any atom is 0.243 e. The summed E-state index contributed by atoms with van der Waals surface area (Å²) in [6.45, 7) is 4.51. The van der Waals surface area contributed by atoms with Crippen molar-refractivity contribution in [3.63, 3.8) is 0 Å². The van der Waals surface area contributed by atoms with Gasteiger partial charge in [-0.15, -0.1) is 0 Å². The van der Waals surface area contributed by atoms with Gasteiger partial charge in [-0.25, -0.2) is 8.42 Å². The maximum atomic E-state index is 12.7. The fourth-order valence-electron chi connectivity index (χ4n) is 2.53. The minimum absolute atomic E-state index is 0.0611. The average molecular weight is 389 g/mol. The lowest BCUT2D eigenvalue weighted by Gasteiger charge is -2.31. The van der Waals surface area contributed by atoms with E-state index in [2.05, 4.69) is 21.2 Å². The van der Waals surface area contributed by atoms with E-state index in [4.69, 9.17) is 0 Å². The van der Waals surface area contributed by atoms with Crippen LogP contribution in [0.15, 0.2) is 33.6 Å². The number of nitrogens with one attached hydrogen (secondary N) is 1. The minimum Gasteiger partial charge on any atom is -0.354 e. The first-order chi connectivity index (χ1) is 10.3. The number of benzene rings is 1. The van der Waals surface area contributed by atoms with Gasteiger partial charge in [-0.05, 0) is 51.0 Å². The van der Waals surface area contributed by atoms with Crippen LogP contribution >= 0.6 is 15.9 Å². The molecule has 1 N–H and O–H groups in total. The van der Waals surface area contributed by atoms with Crippen LogP contribution in [0.5, 0.6) is 0 Å². The SMILES string of the molecule is CC(C)NC(=O)[C@H]1CCCN(S(=O)(=O)c2ccc(Br)cc2)C1. The Balaban J connectivity index is 2.14. The highest BCUT2D eigenvalue weighted by atomic mass is 79.9. The molecule has 0 aromatic heterocycles. The Labute approximate surface area is 140 Å². The van der Waals surface area contributed by atoms with Gasteiger partial charge in [-0.1, -0.05) is 15.9 Å². The van der Waals surface area contributed by atoms with Crippen LogP contribution < -0.4 is 5.32 Å². The van der Waals surface area contributed by atoms with Crippen molar-refractivity contribution in [2.45, 2.75) is 37.6 Å². The third-order valence-corrected chi connectivity index (χ3v) is 6.05. The van der Waals surface area contributed by atoms with E-state index in [9.17, 15) is 13.2 Å². The fraction of sp³-hybridized carbons (Fsp3) is 0.533. The highest BCUT2D eigenvalue weighted by Gasteiger charge is 2.33. The smallest absolute Gasteiger partial charge is 0.243 e. The first kappa shape index (κ1) is 17.4.